The van der Waals surface area contributed by atoms with Gasteiger partial charge in [-0.3, -0.25) is 19.3 Å². The van der Waals surface area contributed by atoms with Gasteiger partial charge in [0, 0.05) is 6.42 Å². The van der Waals surface area contributed by atoms with Crippen LogP contribution in [0, 0.1) is 0 Å². The number of aryl methyl sites for hydroxylation is 1. The van der Waals surface area contributed by atoms with E-state index in [1.165, 1.54) is 16.2 Å². The summed E-state index contributed by atoms with van der Waals surface area (Å²) in [5, 5.41) is 10.0. The van der Waals surface area contributed by atoms with Crippen LogP contribution in [-0.2, 0) is 11.2 Å². The Balaban J connectivity index is 1.65. The van der Waals surface area contributed by atoms with Crippen LogP contribution in [0.15, 0.2) is 57.7 Å². The molecular weight excluding hydrogens is 456 g/mol. The Hall–Kier alpha value is -4.05. The van der Waals surface area contributed by atoms with Gasteiger partial charge in [0.2, 0.25) is 10.9 Å². The molecule has 1 unspecified atom stereocenters. The first-order valence-corrected chi connectivity index (χ1v) is 11.5. The normalized spacial score (nSPS) is 15.0. The maximum atomic E-state index is 13.5. The minimum absolute atomic E-state index is 0.00463. The molecule has 172 valence electrons. The van der Waals surface area contributed by atoms with E-state index in [0.717, 1.165) is 17.8 Å². The van der Waals surface area contributed by atoms with E-state index in [2.05, 4.69) is 10.2 Å². The summed E-state index contributed by atoms with van der Waals surface area (Å²) in [5.41, 5.74) is 6.13. The summed E-state index contributed by atoms with van der Waals surface area (Å²) in [6.07, 6.45) is 1.63. The summed E-state index contributed by atoms with van der Waals surface area (Å²) in [4.78, 5) is 39.5. The minimum atomic E-state index is -0.754. The van der Waals surface area contributed by atoms with Crippen molar-refractivity contribution in [2.24, 2.45) is 5.73 Å². The van der Waals surface area contributed by atoms with Gasteiger partial charge in [-0.05, 0) is 36.2 Å². The van der Waals surface area contributed by atoms with E-state index in [4.69, 9.17) is 14.9 Å². The summed E-state index contributed by atoms with van der Waals surface area (Å²) in [6, 6.07) is 12.9. The lowest BCUT2D eigenvalue weighted by atomic mass is 9.98. The number of carbonyl (C=O) groups excluding carboxylic acids is 2. The highest BCUT2D eigenvalue weighted by atomic mass is 32.1. The number of nitrogens with two attached hydrogens (primary N) is 1. The Kier molecular flexibility index (Phi) is 5.58. The van der Waals surface area contributed by atoms with E-state index in [9.17, 15) is 14.4 Å². The molecule has 1 aliphatic rings. The van der Waals surface area contributed by atoms with Crippen LogP contribution < -0.4 is 20.8 Å². The zero-order valence-electron chi connectivity index (χ0n) is 18.2. The van der Waals surface area contributed by atoms with Crippen molar-refractivity contribution in [3.05, 3.63) is 80.6 Å². The fraction of sp³-hybridized carbons (Fsp3) is 0.208. The van der Waals surface area contributed by atoms with Gasteiger partial charge in [0.25, 0.3) is 11.8 Å². The van der Waals surface area contributed by atoms with Crippen molar-refractivity contribution in [1.82, 2.24) is 10.2 Å². The van der Waals surface area contributed by atoms with Crippen LogP contribution in [0.5, 0.6) is 5.75 Å². The zero-order valence-corrected chi connectivity index (χ0v) is 19.0. The number of aromatic nitrogens is 2. The van der Waals surface area contributed by atoms with E-state index in [0.29, 0.717) is 27.4 Å². The molecule has 3 heterocycles. The summed E-state index contributed by atoms with van der Waals surface area (Å²) in [7, 11) is 0. The molecule has 34 heavy (non-hydrogen) atoms. The summed E-state index contributed by atoms with van der Waals surface area (Å²) in [5.74, 6) is -0.606. The van der Waals surface area contributed by atoms with Gasteiger partial charge < -0.3 is 14.9 Å². The number of rotatable bonds is 7. The van der Waals surface area contributed by atoms with Crippen LogP contribution >= 0.6 is 11.3 Å². The van der Waals surface area contributed by atoms with Crippen molar-refractivity contribution >= 4 is 39.3 Å². The maximum Gasteiger partial charge on any atom is 0.297 e. The maximum absolute atomic E-state index is 13.5. The number of benzene rings is 2. The fourth-order valence-electron chi connectivity index (χ4n) is 3.99. The molecule has 2 aromatic carbocycles. The fourth-order valence-corrected chi connectivity index (χ4v) is 4.96. The average Bonchev–Trinajstić information content (AvgIpc) is 3.41. The smallest absolute Gasteiger partial charge is 0.297 e. The molecule has 1 atom stereocenters. The van der Waals surface area contributed by atoms with Crippen molar-refractivity contribution in [2.75, 3.05) is 11.5 Å². The number of hydrogen-bond acceptors (Lipinski definition) is 8. The second kappa shape index (κ2) is 8.71. The van der Waals surface area contributed by atoms with E-state index in [1.54, 1.807) is 48.5 Å². The van der Waals surface area contributed by atoms with Crippen molar-refractivity contribution in [3.63, 3.8) is 0 Å². The number of fused-ring (bicyclic) bond motifs is 2. The van der Waals surface area contributed by atoms with E-state index in [-0.39, 0.29) is 23.4 Å². The number of ether oxygens (including phenoxy) is 1. The quantitative estimate of drug-likeness (QED) is 0.434. The first kappa shape index (κ1) is 21.8. The highest BCUT2D eigenvalue weighted by molar-refractivity contribution is 7.15. The van der Waals surface area contributed by atoms with Crippen LogP contribution in [0.4, 0.5) is 5.13 Å². The molecule has 4 aromatic rings. The molecule has 0 saturated carbocycles. The molecule has 9 nitrogen and oxygen atoms in total. The number of anilines is 1. The number of nitrogens with zero attached hydrogens (tertiary/aromatic N) is 3. The molecule has 0 fully saturated rings. The molecule has 5 rings (SSSR count). The molecule has 0 spiro atoms. The number of primary amides is 1. The first-order valence-electron chi connectivity index (χ1n) is 10.7. The topological polar surface area (TPSA) is 129 Å². The Morgan fingerprint density at radius 3 is 2.65 bits per heavy atom. The lowest BCUT2D eigenvalue weighted by molar-refractivity contribution is -0.119. The van der Waals surface area contributed by atoms with Crippen LogP contribution in [0.25, 0.3) is 11.0 Å². The van der Waals surface area contributed by atoms with Gasteiger partial charge in [0.15, 0.2) is 12.0 Å². The molecule has 2 aromatic heterocycles. The number of carbonyl (C=O) groups is 2. The molecule has 0 radical (unpaired) electrons. The van der Waals surface area contributed by atoms with E-state index >= 15 is 0 Å². The van der Waals surface area contributed by atoms with Gasteiger partial charge in [-0.15, -0.1) is 10.2 Å². The van der Waals surface area contributed by atoms with Crippen molar-refractivity contribution in [1.29, 1.82) is 0 Å². The molecular formula is C24H20N4O5S. The highest BCUT2D eigenvalue weighted by Crippen LogP contribution is 2.42. The molecule has 1 aliphatic heterocycles. The molecule has 0 bridgehead atoms. The predicted molar refractivity (Wildman–Crippen MR) is 126 cm³/mol. The highest BCUT2D eigenvalue weighted by Gasteiger charge is 2.45. The second-order valence-corrected chi connectivity index (χ2v) is 8.84. The van der Waals surface area contributed by atoms with Crippen molar-refractivity contribution < 1.29 is 18.7 Å². The average molecular weight is 477 g/mol. The third-order valence-electron chi connectivity index (χ3n) is 5.48. The van der Waals surface area contributed by atoms with Gasteiger partial charge in [-0.25, -0.2) is 0 Å². The van der Waals surface area contributed by atoms with Gasteiger partial charge in [0.1, 0.15) is 16.3 Å². The van der Waals surface area contributed by atoms with E-state index in [1.807, 2.05) is 6.92 Å². The molecule has 0 saturated heterocycles. The van der Waals surface area contributed by atoms with Crippen LogP contribution in [0.2, 0.25) is 0 Å². The lowest BCUT2D eigenvalue weighted by Gasteiger charge is -2.22. The van der Waals surface area contributed by atoms with Gasteiger partial charge >= 0.3 is 0 Å². The van der Waals surface area contributed by atoms with Crippen molar-refractivity contribution in [2.45, 2.75) is 25.8 Å². The summed E-state index contributed by atoms with van der Waals surface area (Å²) < 4.78 is 11.3. The summed E-state index contributed by atoms with van der Waals surface area (Å²) in [6.45, 7) is 1.79. The Morgan fingerprint density at radius 1 is 1.15 bits per heavy atom. The third-order valence-corrected chi connectivity index (χ3v) is 6.46. The Bertz CT molecular complexity index is 1460. The Labute approximate surface area is 197 Å². The van der Waals surface area contributed by atoms with Crippen LogP contribution in [0.1, 0.15) is 46.1 Å². The Morgan fingerprint density at radius 2 is 1.91 bits per heavy atom. The number of hydrogen-bond donors (Lipinski definition) is 1. The molecule has 2 N–H and O–H groups in total. The van der Waals surface area contributed by atoms with E-state index < -0.39 is 17.9 Å². The number of para-hydroxylation sites is 1. The third kappa shape index (κ3) is 3.71. The monoisotopic (exact) mass is 476 g/mol. The van der Waals surface area contributed by atoms with Gasteiger partial charge in [0.05, 0.1) is 17.0 Å². The van der Waals surface area contributed by atoms with Gasteiger partial charge in [-0.1, -0.05) is 42.5 Å². The predicted octanol–water partition coefficient (Wildman–Crippen LogP) is 3.21. The van der Waals surface area contributed by atoms with Crippen LogP contribution in [-0.4, -0.2) is 28.6 Å². The SMILES string of the molecule is CCCc1nnc(N2C(=O)c3oc4ccccc4c(=O)c3C2c2ccc(OCC(N)=O)cc2)s1. The second-order valence-electron chi connectivity index (χ2n) is 7.80. The molecule has 2 amide bonds. The molecule has 0 aliphatic carbocycles. The lowest BCUT2D eigenvalue weighted by Crippen LogP contribution is -2.29. The standard InChI is InChI=1S/C24H20N4O5S/c1-2-5-18-26-27-24(34-18)28-20(13-8-10-14(11-9-13)32-12-17(25)29)19-21(30)15-6-3-4-7-16(15)33-22(19)23(28)31/h3-4,6-11,20H,2,5,12H2,1H3,(H2,25,29). The number of amides is 2. The first-order chi connectivity index (χ1) is 16.5. The summed E-state index contributed by atoms with van der Waals surface area (Å²) >= 11 is 1.32. The zero-order chi connectivity index (χ0) is 23.8. The largest absolute Gasteiger partial charge is 0.484 e. The van der Waals surface area contributed by atoms with Crippen LogP contribution in [0.3, 0.4) is 0 Å². The molecule has 10 heteroatoms. The minimum Gasteiger partial charge on any atom is -0.484 e. The van der Waals surface area contributed by atoms with Gasteiger partial charge in [-0.2, -0.15) is 0 Å². The van der Waals surface area contributed by atoms with Crippen molar-refractivity contribution in [3.8, 4) is 5.75 Å².